The molecule has 0 aromatic rings. The summed E-state index contributed by atoms with van der Waals surface area (Å²) in [4.78, 5) is 21.5. The van der Waals surface area contributed by atoms with Gasteiger partial charge in [-0.2, -0.15) is 0 Å². The normalized spacial score (nSPS) is 15.3. The lowest BCUT2D eigenvalue weighted by Gasteiger charge is -2.07. The first kappa shape index (κ1) is 14.9. The highest BCUT2D eigenvalue weighted by atomic mass is 32.2. The van der Waals surface area contributed by atoms with Gasteiger partial charge in [0.1, 0.15) is 0 Å². The largest absolute Gasteiger partial charge is 0.481 e. The summed E-state index contributed by atoms with van der Waals surface area (Å²) in [6.45, 7) is 0.390. The molecule has 1 saturated carbocycles. The average Bonchev–Trinajstić information content (AvgIpc) is 3.06. The number of sulfonamides is 1. The van der Waals surface area contributed by atoms with E-state index >= 15 is 0 Å². The number of aliphatic carboxylic acids is 1. The molecule has 104 valence electrons. The van der Waals surface area contributed by atoms with E-state index in [-0.39, 0.29) is 43.5 Å². The summed E-state index contributed by atoms with van der Waals surface area (Å²) in [6, 6.07) is 0. The lowest BCUT2D eigenvalue weighted by atomic mass is 10.3. The van der Waals surface area contributed by atoms with Crippen LogP contribution in [0.4, 0.5) is 0 Å². The Hall–Kier alpha value is -1.15. The van der Waals surface area contributed by atoms with Crippen molar-refractivity contribution >= 4 is 21.9 Å². The molecular weight excluding hydrogens is 260 g/mol. The number of carbonyl (C=O) groups is 2. The molecule has 0 aromatic heterocycles. The Kier molecular flexibility index (Phi) is 5.54. The van der Waals surface area contributed by atoms with Gasteiger partial charge in [-0.1, -0.05) is 0 Å². The molecule has 3 N–H and O–H groups in total. The first-order valence-corrected chi connectivity index (χ1v) is 7.53. The molecule has 0 aromatic carbocycles. The van der Waals surface area contributed by atoms with Crippen molar-refractivity contribution in [3.8, 4) is 0 Å². The molecule has 0 bridgehead atoms. The first-order valence-electron chi connectivity index (χ1n) is 5.87. The van der Waals surface area contributed by atoms with Gasteiger partial charge < -0.3 is 10.4 Å². The maximum Gasteiger partial charge on any atom is 0.303 e. The topological polar surface area (TPSA) is 113 Å². The molecule has 0 spiro atoms. The van der Waals surface area contributed by atoms with Crippen molar-refractivity contribution in [2.45, 2.75) is 25.7 Å². The van der Waals surface area contributed by atoms with Crippen molar-refractivity contribution in [1.82, 2.24) is 10.0 Å². The Balaban J connectivity index is 2.08. The molecule has 1 aliphatic rings. The van der Waals surface area contributed by atoms with Crippen LogP contribution in [-0.4, -0.2) is 44.2 Å². The van der Waals surface area contributed by atoms with Gasteiger partial charge in [0, 0.05) is 25.4 Å². The zero-order valence-electron chi connectivity index (χ0n) is 10.0. The monoisotopic (exact) mass is 278 g/mol. The van der Waals surface area contributed by atoms with Crippen LogP contribution in [0.25, 0.3) is 0 Å². The second-order valence-electron chi connectivity index (χ2n) is 4.28. The molecule has 8 heteroatoms. The summed E-state index contributed by atoms with van der Waals surface area (Å²) < 4.78 is 25.1. The van der Waals surface area contributed by atoms with E-state index in [2.05, 4.69) is 10.0 Å². The number of amides is 1. The zero-order chi connectivity index (χ0) is 13.6. The van der Waals surface area contributed by atoms with Crippen LogP contribution in [-0.2, 0) is 19.6 Å². The van der Waals surface area contributed by atoms with Crippen LogP contribution >= 0.6 is 0 Å². The zero-order valence-corrected chi connectivity index (χ0v) is 10.8. The van der Waals surface area contributed by atoms with Crippen molar-refractivity contribution in [2.75, 3.05) is 18.8 Å². The van der Waals surface area contributed by atoms with Crippen molar-refractivity contribution in [3.05, 3.63) is 0 Å². The van der Waals surface area contributed by atoms with Crippen molar-refractivity contribution in [3.63, 3.8) is 0 Å². The van der Waals surface area contributed by atoms with E-state index in [9.17, 15) is 18.0 Å². The smallest absolute Gasteiger partial charge is 0.303 e. The van der Waals surface area contributed by atoms with Crippen LogP contribution in [0.2, 0.25) is 0 Å². The van der Waals surface area contributed by atoms with Crippen LogP contribution < -0.4 is 10.0 Å². The van der Waals surface area contributed by atoms with E-state index in [4.69, 9.17) is 5.11 Å². The standard InChI is InChI=1S/C10H18N2O5S/c13-9(14)2-1-7-18(16,17)12-6-5-11-10(15)8-3-4-8/h8,12H,1-7H2,(H,11,15)(H,13,14). The summed E-state index contributed by atoms with van der Waals surface area (Å²) in [5.41, 5.74) is 0. The molecule has 0 unspecified atom stereocenters. The summed E-state index contributed by atoms with van der Waals surface area (Å²) in [5, 5.41) is 11.0. The van der Waals surface area contributed by atoms with Gasteiger partial charge in [-0.15, -0.1) is 0 Å². The quantitative estimate of drug-likeness (QED) is 0.483. The second kappa shape index (κ2) is 6.69. The number of carboxylic acids is 1. The minimum Gasteiger partial charge on any atom is -0.481 e. The third kappa shape index (κ3) is 6.55. The van der Waals surface area contributed by atoms with Crippen molar-refractivity contribution in [1.29, 1.82) is 0 Å². The van der Waals surface area contributed by atoms with Crippen molar-refractivity contribution < 1.29 is 23.1 Å². The Morgan fingerprint density at radius 3 is 2.44 bits per heavy atom. The minimum atomic E-state index is -3.44. The van der Waals surface area contributed by atoms with E-state index in [1.807, 2.05) is 0 Å². The Morgan fingerprint density at radius 2 is 1.89 bits per heavy atom. The lowest BCUT2D eigenvalue weighted by molar-refractivity contribution is -0.137. The molecule has 0 atom stereocenters. The fourth-order valence-electron chi connectivity index (χ4n) is 1.37. The summed E-state index contributed by atoms with van der Waals surface area (Å²) in [5.74, 6) is -1.14. The van der Waals surface area contributed by atoms with Crippen LogP contribution in [0.15, 0.2) is 0 Å². The minimum absolute atomic E-state index is 0.0277. The second-order valence-corrected chi connectivity index (χ2v) is 6.20. The van der Waals surface area contributed by atoms with Gasteiger partial charge in [0.25, 0.3) is 0 Å². The molecular formula is C10H18N2O5S. The van der Waals surface area contributed by atoms with E-state index in [0.717, 1.165) is 12.8 Å². The number of hydrogen-bond donors (Lipinski definition) is 3. The highest BCUT2D eigenvalue weighted by Crippen LogP contribution is 2.28. The highest BCUT2D eigenvalue weighted by molar-refractivity contribution is 7.89. The Labute approximate surface area is 106 Å². The predicted octanol–water partition coefficient (Wildman–Crippen LogP) is -0.703. The number of nitrogens with one attached hydrogen (secondary N) is 2. The van der Waals surface area contributed by atoms with Crippen LogP contribution in [0.5, 0.6) is 0 Å². The maximum atomic E-state index is 11.4. The molecule has 1 rings (SSSR count). The molecule has 0 saturated heterocycles. The summed E-state index contributed by atoms with van der Waals surface area (Å²) in [6.07, 6.45) is 1.73. The van der Waals surface area contributed by atoms with Gasteiger partial charge in [0.15, 0.2) is 0 Å². The van der Waals surface area contributed by atoms with Crippen LogP contribution in [0.3, 0.4) is 0 Å². The number of carboxylic acid groups (broad SMARTS) is 1. The first-order chi connectivity index (χ1) is 8.41. The molecule has 7 nitrogen and oxygen atoms in total. The molecule has 1 amide bonds. The lowest BCUT2D eigenvalue weighted by Crippen LogP contribution is -2.36. The van der Waals surface area contributed by atoms with Crippen molar-refractivity contribution in [2.24, 2.45) is 5.92 Å². The van der Waals surface area contributed by atoms with E-state index in [0.29, 0.717) is 0 Å². The molecule has 0 aliphatic heterocycles. The third-order valence-corrected chi connectivity index (χ3v) is 3.97. The fraction of sp³-hybridized carbons (Fsp3) is 0.800. The summed E-state index contributed by atoms with van der Waals surface area (Å²) in [7, 11) is -3.44. The van der Waals surface area contributed by atoms with Gasteiger partial charge in [-0.25, -0.2) is 13.1 Å². The number of hydrogen-bond acceptors (Lipinski definition) is 4. The van der Waals surface area contributed by atoms with Gasteiger partial charge in [0.05, 0.1) is 5.75 Å². The molecule has 0 radical (unpaired) electrons. The van der Waals surface area contributed by atoms with Gasteiger partial charge in [-0.3, -0.25) is 9.59 Å². The van der Waals surface area contributed by atoms with E-state index in [1.54, 1.807) is 0 Å². The number of rotatable bonds is 9. The van der Waals surface area contributed by atoms with Gasteiger partial charge in [-0.05, 0) is 19.3 Å². The Bertz CT molecular complexity index is 402. The molecule has 0 heterocycles. The third-order valence-electron chi connectivity index (χ3n) is 2.50. The molecule has 18 heavy (non-hydrogen) atoms. The van der Waals surface area contributed by atoms with Gasteiger partial charge in [0.2, 0.25) is 15.9 Å². The highest BCUT2D eigenvalue weighted by Gasteiger charge is 2.29. The number of carbonyl (C=O) groups excluding carboxylic acids is 1. The molecule has 1 aliphatic carbocycles. The van der Waals surface area contributed by atoms with Crippen LogP contribution in [0.1, 0.15) is 25.7 Å². The predicted molar refractivity (Wildman–Crippen MR) is 64.4 cm³/mol. The summed E-state index contributed by atoms with van der Waals surface area (Å²) >= 11 is 0. The van der Waals surface area contributed by atoms with E-state index < -0.39 is 16.0 Å². The maximum absolute atomic E-state index is 11.4. The van der Waals surface area contributed by atoms with E-state index in [1.165, 1.54) is 0 Å². The average molecular weight is 278 g/mol. The Morgan fingerprint density at radius 1 is 1.22 bits per heavy atom. The SMILES string of the molecule is O=C(O)CCCS(=O)(=O)NCCNC(=O)C1CC1. The van der Waals surface area contributed by atoms with Gasteiger partial charge >= 0.3 is 5.97 Å². The van der Waals surface area contributed by atoms with Crippen LogP contribution in [0, 0.1) is 5.92 Å². The molecule has 1 fully saturated rings. The fourth-order valence-corrected chi connectivity index (χ4v) is 2.45.